The van der Waals surface area contributed by atoms with Crippen molar-refractivity contribution < 1.29 is 4.39 Å². The van der Waals surface area contributed by atoms with Crippen LogP contribution in [0.15, 0.2) is 24.3 Å². The molecule has 0 atom stereocenters. The fraction of sp³-hybridized carbons (Fsp3) is 0.308. The van der Waals surface area contributed by atoms with Gasteiger partial charge in [0.15, 0.2) is 5.82 Å². The van der Waals surface area contributed by atoms with Crippen LogP contribution in [-0.4, -0.2) is 19.8 Å². The van der Waals surface area contributed by atoms with E-state index in [1.807, 2.05) is 0 Å². The minimum Gasteiger partial charge on any atom is -0.207 e. The monoisotopic (exact) mass is 276 g/mol. The SMILES string of the molecule is CC(C)c1nn2c(Cc3ccc(F)cc3)nnc2s1. The molecule has 0 saturated carbocycles. The van der Waals surface area contributed by atoms with E-state index in [-0.39, 0.29) is 5.82 Å². The largest absolute Gasteiger partial charge is 0.234 e. The maximum absolute atomic E-state index is 12.9. The van der Waals surface area contributed by atoms with E-state index in [0.29, 0.717) is 12.3 Å². The lowest BCUT2D eigenvalue weighted by atomic mass is 10.1. The molecule has 0 aliphatic heterocycles. The molecule has 0 bridgehead atoms. The summed E-state index contributed by atoms with van der Waals surface area (Å²) >= 11 is 1.56. The lowest BCUT2D eigenvalue weighted by molar-refractivity contribution is 0.627. The predicted octanol–water partition coefficient (Wildman–Crippen LogP) is 3.04. The summed E-state index contributed by atoms with van der Waals surface area (Å²) in [4.78, 5) is 0.806. The molecule has 3 aromatic rings. The van der Waals surface area contributed by atoms with Crippen LogP contribution in [0.25, 0.3) is 4.96 Å². The molecule has 0 aliphatic rings. The number of fused-ring (bicyclic) bond motifs is 1. The molecule has 3 rings (SSSR count). The van der Waals surface area contributed by atoms with Crippen LogP contribution in [0.2, 0.25) is 0 Å². The zero-order chi connectivity index (χ0) is 13.4. The summed E-state index contributed by atoms with van der Waals surface area (Å²) < 4.78 is 14.6. The minimum atomic E-state index is -0.231. The Morgan fingerprint density at radius 2 is 1.95 bits per heavy atom. The fourth-order valence-electron chi connectivity index (χ4n) is 1.80. The highest BCUT2D eigenvalue weighted by Crippen LogP contribution is 2.22. The standard InChI is InChI=1S/C13H13FN4S/c1-8(2)12-17-18-11(15-16-13(18)19-12)7-9-3-5-10(14)6-4-9/h3-6,8H,7H2,1-2H3. The van der Waals surface area contributed by atoms with E-state index >= 15 is 0 Å². The Morgan fingerprint density at radius 1 is 1.21 bits per heavy atom. The van der Waals surface area contributed by atoms with Crippen LogP contribution >= 0.6 is 11.3 Å². The third kappa shape index (κ3) is 2.35. The maximum Gasteiger partial charge on any atom is 0.234 e. The van der Waals surface area contributed by atoms with Crippen molar-refractivity contribution in [2.75, 3.05) is 0 Å². The van der Waals surface area contributed by atoms with Crippen LogP contribution in [0.5, 0.6) is 0 Å². The van der Waals surface area contributed by atoms with Crippen LogP contribution in [0, 0.1) is 5.82 Å². The van der Waals surface area contributed by atoms with E-state index in [2.05, 4.69) is 29.1 Å². The van der Waals surface area contributed by atoms with Gasteiger partial charge in [-0.1, -0.05) is 37.3 Å². The van der Waals surface area contributed by atoms with Crippen LogP contribution in [0.4, 0.5) is 4.39 Å². The van der Waals surface area contributed by atoms with Crippen molar-refractivity contribution in [3.8, 4) is 0 Å². The summed E-state index contributed by atoms with van der Waals surface area (Å²) in [6.07, 6.45) is 0.600. The number of halogens is 1. The molecule has 0 radical (unpaired) electrons. The highest BCUT2D eigenvalue weighted by atomic mass is 32.1. The average Bonchev–Trinajstić information content (AvgIpc) is 2.94. The highest BCUT2D eigenvalue weighted by molar-refractivity contribution is 7.16. The first kappa shape index (κ1) is 12.2. The molecule has 19 heavy (non-hydrogen) atoms. The number of nitrogens with zero attached hydrogens (tertiary/aromatic N) is 4. The van der Waals surface area contributed by atoms with Gasteiger partial charge in [0.25, 0.3) is 0 Å². The Balaban J connectivity index is 1.94. The Labute approximate surface area is 113 Å². The van der Waals surface area contributed by atoms with Crippen LogP contribution in [0.3, 0.4) is 0 Å². The first-order valence-corrected chi connectivity index (χ1v) is 6.90. The van der Waals surface area contributed by atoms with Gasteiger partial charge in [-0.2, -0.15) is 9.61 Å². The third-order valence-electron chi connectivity index (χ3n) is 2.84. The van der Waals surface area contributed by atoms with Gasteiger partial charge in [-0.05, 0) is 17.7 Å². The number of benzene rings is 1. The Hall–Kier alpha value is -1.82. The third-order valence-corrected chi connectivity index (χ3v) is 4.04. The topological polar surface area (TPSA) is 43.1 Å². The second kappa shape index (κ2) is 4.70. The molecule has 6 heteroatoms. The average molecular weight is 276 g/mol. The molecule has 98 valence electrons. The van der Waals surface area contributed by atoms with Crippen LogP contribution < -0.4 is 0 Å². The quantitative estimate of drug-likeness (QED) is 0.738. The van der Waals surface area contributed by atoms with Crippen molar-refractivity contribution in [1.82, 2.24) is 19.8 Å². The van der Waals surface area contributed by atoms with Gasteiger partial charge < -0.3 is 0 Å². The second-order valence-corrected chi connectivity index (χ2v) is 5.70. The first-order chi connectivity index (χ1) is 9.13. The normalized spacial score (nSPS) is 11.6. The van der Waals surface area contributed by atoms with Gasteiger partial charge >= 0.3 is 0 Å². The van der Waals surface area contributed by atoms with Gasteiger partial charge in [0, 0.05) is 12.3 Å². The van der Waals surface area contributed by atoms with Gasteiger partial charge in [-0.25, -0.2) is 4.39 Å². The molecule has 0 unspecified atom stereocenters. The number of rotatable bonds is 3. The summed E-state index contributed by atoms with van der Waals surface area (Å²) in [5.74, 6) is 0.932. The molecule has 2 aromatic heterocycles. The van der Waals surface area contributed by atoms with Crippen LogP contribution in [0.1, 0.15) is 36.2 Å². The molecule has 4 nitrogen and oxygen atoms in total. The predicted molar refractivity (Wildman–Crippen MR) is 72.0 cm³/mol. The van der Waals surface area contributed by atoms with Crippen molar-refractivity contribution >= 4 is 16.3 Å². The molecule has 2 heterocycles. The van der Waals surface area contributed by atoms with Crippen molar-refractivity contribution in [2.24, 2.45) is 0 Å². The summed E-state index contributed by atoms with van der Waals surface area (Å²) in [5.41, 5.74) is 0.995. The zero-order valence-corrected chi connectivity index (χ0v) is 11.5. The van der Waals surface area contributed by atoms with Crippen molar-refractivity contribution in [3.05, 3.63) is 46.5 Å². The van der Waals surface area contributed by atoms with E-state index in [9.17, 15) is 4.39 Å². The van der Waals surface area contributed by atoms with Gasteiger partial charge in [-0.3, -0.25) is 0 Å². The van der Waals surface area contributed by atoms with Crippen molar-refractivity contribution in [3.63, 3.8) is 0 Å². The van der Waals surface area contributed by atoms with Crippen LogP contribution in [-0.2, 0) is 6.42 Å². The molecule has 0 saturated heterocycles. The molecule has 0 spiro atoms. The lowest BCUT2D eigenvalue weighted by Crippen LogP contribution is -1.99. The summed E-state index contributed by atoms with van der Waals surface area (Å²) in [5, 5.41) is 13.8. The van der Waals surface area contributed by atoms with Crippen molar-refractivity contribution in [2.45, 2.75) is 26.2 Å². The van der Waals surface area contributed by atoms with E-state index < -0.39 is 0 Å². The molecule has 0 fully saturated rings. The molecule has 0 amide bonds. The Morgan fingerprint density at radius 3 is 2.63 bits per heavy atom. The van der Waals surface area contributed by atoms with Gasteiger partial charge in [0.1, 0.15) is 10.8 Å². The summed E-state index contributed by atoms with van der Waals surface area (Å²) in [6.45, 7) is 4.21. The number of aromatic nitrogens is 4. The van der Waals surface area contributed by atoms with Gasteiger partial charge in [0.05, 0.1) is 0 Å². The molecular weight excluding hydrogens is 263 g/mol. The molecule has 0 aliphatic carbocycles. The second-order valence-electron chi connectivity index (χ2n) is 4.71. The van der Waals surface area contributed by atoms with Gasteiger partial charge in [0.2, 0.25) is 4.96 Å². The van der Waals surface area contributed by atoms with E-state index in [0.717, 1.165) is 21.4 Å². The fourth-order valence-corrected chi connectivity index (χ4v) is 2.66. The van der Waals surface area contributed by atoms with E-state index in [4.69, 9.17) is 0 Å². The van der Waals surface area contributed by atoms with Crippen molar-refractivity contribution in [1.29, 1.82) is 0 Å². The van der Waals surface area contributed by atoms with E-state index in [1.165, 1.54) is 12.1 Å². The zero-order valence-electron chi connectivity index (χ0n) is 10.7. The lowest BCUT2D eigenvalue weighted by Gasteiger charge is -1.99. The minimum absolute atomic E-state index is 0.231. The summed E-state index contributed by atoms with van der Waals surface area (Å²) in [6, 6.07) is 6.42. The number of hydrogen-bond acceptors (Lipinski definition) is 4. The van der Waals surface area contributed by atoms with E-state index in [1.54, 1.807) is 28.0 Å². The smallest absolute Gasteiger partial charge is 0.207 e. The number of hydrogen-bond donors (Lipinski definition) is 0. The molecule has 1 aromatic carbocycles. The molecule has 0 N–H and O–H groups in total. The maximum atomic E-state index is 12.9. The van der Waals surface area contributed by atoms with Gasteiger partial charge in [-0.15, -0.1) is 10.2 Å². The highest BCUT2D eigenvalue weighted by Gasteiger charge is 2.13. The first-order valence-electron chi connectivity index (χ1n) is 6.09. The Bertz CT molecular complexity index is 699. The summed E-state index contributed by atoms with van der Waals surface area (Å²) in [7, 11) is 0. The Kier molecular flexibility index (Phi) is 3.02. The molecular formula is C13H13FN4S.